The summed E-state index contributed by atoms with van der Waals surface area (Å²) in [4.78, 5) is 4.37. The van der Waals surface area contributed by atoms with Crippen molar-refractivity contribution >= 4 is 5.82 Å². The van der Waals surface area contributed by atoms with Crippen LogP contribution in [-0.2, 0) is 0 Å². The third kappa shape index (κ3) is 2.71. The number of aromatic nitrogens is 2. The molecule has 1 saturated heterocycles. The van der Waals surface area contributed by atoms with E-state index in [2.05, 4.69) is 28.2 Å². The third-order valence-electron chi connectivity index (χ3n) is 3.20. The number of rotatable bonds is 3. The molecule has 1 aliphatic heterocycles. The number of nitriles is 1. The van der Waals surface area contributed by atoms with Crippen LogP contribution in [0.25, 0.3) is 0 Å². The molecule has 2 rings (SSSR count). The molecule has 0 aliphatic carbocycles. The third-order valence-corrected chi connectivity index (χ3v) is 3.20. The van der Waals surface area contributed by atoms with Gasteiger partial charge < -0.3 is 9.80 Å². The van der Waals surface area contributed by atoms with Gasteiger partial charge >= 0.3 is 0 Å². The molecule has 17 heavy (non-hydrogen) atoms. The lowest BCUT2D eigenvalue weighted by Crippen LogP contribution is -2.28. The molecule has 0 radical (unpaired) electrons. The molecule has 1 aliphatic rings. The molecule has 1 unspecified atom stereocenters. The Bertz CT molecular complexity index is 425. The SMILES string of the molecule is CN1CCC(CN(C)c2nnccc2C#N)C1. The molecule has 2 heterocycles. The van der Waals surface area contributed by atoms with Gasteiger partial charge in [0.05, 0.1) is 11.8 Å². The lowest BCUT2D eigenvalue weighted by atomic mass is 10.1. The molecular formula is C12H17N5. The van der Waals surface area contributed by atoms with Crippen LogP contribution in [0.3, 0.4) is 0 Å². The zero-order valence-electron chi connectivity index (χ0n) is 10.3. The molecule has 0 bridgehead atoms. The summed E-state index contributed by atoms with van der Waals surface area (Å²) in [5.74, 6) is 1.34. The van der Waals surface area contributed by atoms with E-state index in [0.29, 0.717) is 17.3 Å². The van der Waals surface area contributed by atoms with Gasteiger partial charge in [-0.05, 0) is 32.0 Å². The summed E-state index contributed by atoms with van der Waals surface area (Å²) in [6.45, 7) is 3.20. The Morgan fingerprint density at radius 1 is 1.65 bits per heavy atom. The lowest BCUT2D eigenvalue weighted by Gasteiger charge is -2.22. The minimum absolute atomic E-state index is 0.592. The Hall–Kier alpha value is -1.67. The quantitative estimate of drug-likeness (QED) is 0.768. The summed E-state index contributed by atoms with van der Waals surface area (Å²) < 4.78 is 0. The van der Waals surface area contributed by atoms with Crippen LogP contribution in [0.15, 0.2) is 12.3 Å². The van der Waals surface area contributed by atoms with E-state index in [1.54, 1.807) is 12.3 Å². The first kappa shape index (κ1) is 11.8. The first-order valence-corrected chi connectivity index (χ1v) is 5.82. The van der Waals surface area contributed by atoms with E-state index in [0.717, 1.165) is 19.6 Å². The molecule has 5 nitrogen and oxygen atoms in total. The molecule has 0 amide bonds. The fourth-order valence-electron chi connectivity index (χ4n) is 2.34. The summed E-state index contributed by atoms with van der Waals surface area (Å²) in [7, 11) is 4.12. The summed E-state index contributed by atoms with van der Waals surface area (Å²) >= 11 is 0. The second-order valence-corrected chi connectivity index (χ2v) is 4.68. The highest BCUT2D eigenvalue weighted by molar-refractivity contribution is 5.51. The second-order valence-electron chi connectivity index (χ2n) is 4.68. The summed E-state index contributed by atoms with van der Waals surface area (Å²) in [5, 5.41) is 16.9. The Morgan fingerprint density at radius 3 is 3.12 bits per heavy atom. The van der Waals surface area contributed by atoms with Crippen molar-refractivity contribution < 1.29 is 0 Å². The molecular weight excluding hydrogens is 214 g/mol. The maximum absolute atomic E-state index is 9.02. The molecule has 0 spiro atoms. The van der Waals surface area contributed by atoms with E-state index in [1.165, 1.54) is 6.42 Å². The van der Waals surface area contributed by atoms with E-state index in [4.69, 9.17) is 5.26 Å². The van der Waals surface area contributed by atoms with Crippen molar-refractivity contribution in [1.82, 2.24) is 15.1 Å². The van der Waals surface area contributed by atoms with Gasteiger partial charge in [0, 0.05) is 20.1 Å². The standard InChI is InChI=1S/C12H17N5/c1-16-6-4-10(8-16)9-17(2)12-11(7-13)3-5-14-15-12/h3,5,10H,4,6,8-9H2,1-2H3. The summed E-state index contributed by atoms with van der Waals surface area (Å²) in [5.41, 5.74) is 0.592. The van der Waals surface area contributed by atoms with Crippen molar-refractivity contribution in [2.24, 2.45) is 5.92 Å². The summed E-state index contributed by atoms with van der Waals surface area (Å²) in [6, 6.07) is 3.86. The van der Waals surface area contributed by atoms with Crippen LogP contribution in [0.4, 0.5) is 5.82 Å². The molecule has 0 saturated carbocycles. The van der Waals surface area contributed by atoms with Gasteiger partial charge in [0.25, 0.3) is 0 Å². The zero-order valence-corrected chi connectivity index (χ0v) is 10.3. The Labute approximate surface area is 102 Å². The van der Waals surface area contributed by atoms with Crippen LogP contribution in [0.1, 0.15) is 12.0 Å². The van der Waals surface area contributed by atoms with Gasteiger partial charge in [0.1, 0.15) is 6.07 Å². The summed E-state index contributed by atoms with van der Waals surface area (Å²) in [6.07, 6.45) is 2.77. The minimum Gasteiger partial charge on any atom is -0.357 e. The molecule has 1 aromatic heterocycles. The number of likely N-dealkylation sites (tertiary alicyclic amines) is 1. The Morgan fingerprint density at radius 2 is 2.47 bits per heavy atom. The van der Waals surface area contributed by atoms with Gasteiger partial charge in [-0.3, -0.25) is 0 Å². The first-order valence-electron chi connectivity index (χ1n) is 5.82. The van der Waals surface area contributed by atoms with E-state index >= 15 is 0 Å². The minimum atomic E-state index is 0.592. The van der Waals surface area contributed by atoms with Gasteiger partial charge in [-0.25, -0.2) is 0 Å². The van der Waals surface area contributed by atoms with Gasteiger partial charge in [-0.1, -0.05) is 0 Å². The largest absolute Gasteiger partial charge is 0.357 e. The molecule has 1 fully saturated rings. The van der Waals surface area contributed by atoms with Crippen LogP contribution in [0, 0.1) is 17.2 Å². The highest BCUT2D eigenvalue weighted by Gasteiger charge is 2.22. The van der Waals surface area contributed by atoms with E-state index in [9.17, 15) is 0 Å². The van der Waals surface area contributed by atoms with Crippen molar-refractivity contribution in [1.29, 1.82) is 5.26 Å². The van der Waals surface area contributed by atoms with E-state index < -0.39 is 0 Å². The zero-order chi connectivity index (χ0) is 12.3. The van der Waals surface area contributed by atoms with Crippen LogP contribution < -0.4 is 4.90 Å². The highest BCUT2D eigenvalue weighted by atomic mass is 15.2. The fourth-order valence-corrected chi connectivity index (χ4v) is 2.34. The van der Waals surface area contributed by atoms with Gasteiger partial charge in [-0.15, -0.1) is 5.10 Å². The van der Waals surface area contributed by atoms with Crippen molar-refractivity contribution in [3.05, 3.63) is 17.8 Å². The maximum Gasteiger partial charge on any atom is 0.168 e. The van der Waals surface area contributed by atoms with Crippen molar-refractivity contribution in [3.8, 4) is 6.07 Å². The normalized spacial score (nSPS) is 20.2. The first-order chi connectivity index (χ1) is 8.20. The molecule has 1 atom stereocenters. The smallest absolute Gasteiger partial charge is 0.168 e. The van der Waals surface area contributed by atoms with Crippen LogP contribution in [0.2, 0.25) is 0 Å². The van der Waals surface area contributed by atoms with Crippen LogP contribution >= 0.6 is 0 Å². The van der Waals surface area contributed by atoms with Gasteiger partial charge in [-0.2, -0.15) is 10.4 Å². The molecule has 0 aromatic carbocycles. The Balaban J connectivity index is 2.04. The topological polar surface area (TPSA) is 56.1 Å². The van der Waals surface area contributed by atoms with Crippen molar-refractivity contribution in [2.45, 2.75) is 6.42 Å². The predicted octanol–water partition coefficient (Wildman–Crippen LogP) is 0.736. The highest BCUT2D eigenvalue weighted by Crippen LogP contribution is 2.19. The molecule has 0 N–H and O–H groups in total. The average Bonchev–Trinajstić information content (AvgIpc) is 2.74. The van der Waals surface area contributed by atoms with E-state index in [1.807, 2.05) is 11.9 Å². The molecule has 1 aromatic rings. The van der Waals surface area contributed by atoms with Crippen molar-refractivity contribution in [2.75, 3.05) is 38.6 Å². The van der Waals surface area contributed by atoms with E-state index in [-0.39, 0.29) is 0 Å². The molecule has 5 heteroatoms. The van der Waals surface area contributed by atoms with Gasteiger partial charge in [0.2, 0.25) is 0 Å². The fraction of sp³-hybridized carbons (Fsp3) is 0.583. The van der Waals surface area contributed by atoms with Crippen molar-refractivity contribution in [3.63, 3.8) is 0 Å². The molecule has 90 valence electrons. The number of hydrogen-bond donors (Lipinski definition) is 0. The average molecular weight is 231 g/mol. The van der Waals surface area contributed by atoms with Crippen LogP contribution in [-0.4, -0.2) is 48.8 Å². The number of nitrogens with zero attached hydrogens (tertiary/aromatic N) is 5. The lowest BCUT2D eigenvalue weighted by molar-refractivity contribution is 0.395. The predicted molar refractivity (Wildman–Crippen MR) is 65.6 cm³/mol. The van der Waals surface area contributed by atoms with Gasteiger partial charge in [0.15, 0.2) is 5.82 Å². The van der Waals surface area contributed by atoms with Crippen LogP contribution in [0.5, 0.6) is 0 Å². The number of anilines is 1. The monoisotopic (exact) mass is 231 g/mol. The second kappa shape index (κ2) is 5.11. The Kier molecular flexibility index (Phi) is 3.55. The maximum atomic E-state index is 9.02. The number of hydrogen-bond acceptors (Lipinski definition) is 5.